The Hall–Kier alpha value is -1.43. The van der Waals surface area contributed by atoms with Gasteiger partial charge in [-0.3, -0.25) is 4.79 Å². The monoisotopic (exact) mass is 264 g/mol. The number of amides is 1. The zero-order valence-electron chi connectivity index (χ0n) is 11.5. The van der Waals surface area contributed by atoms with Gasteiger partial charge in [-0.2, -0.15) is 4.98 Å². The molecule has 1 aromatic heterocycles. The van der Waals surface area contributed by atoms with E-state index in [1.807, 2.05) is 4.90 Å². The molecule has 3 rings (SSSR count). The molecule has 1 N–H and O–H groups in total. The van der Waals surface area contributed by atoms with Gasteiger partial charge in [0.05, 0.1) is 6.04 Å². The predicted molar refractivity (Wildman–Crippen MR) is 68.6 cm³/mol. The van der Waals surface area contributed by atoms with Crippen molar-refractivity contribution in [3.63, 3.8) is 0 Å². The van der Waals surface area contributed by atoms with Gasteiger partial charge in [0.1, 0.15) is 0 Å². The Labute approximate surface area is 112 Å². The van der Waals surface area contributed by atoms with Crippen molar-refractivity contribution in [1.29, 1.82) is 0 Å². The third-order valence-corrected chi connectivity index (χ3v) is 3.96. The molecule has 19 heavy (non-hydrogen) atoms. The Kier molecular flexibility index (Phi) is 3.05. The van der Waals surface area contributed by atoms with E-state index < -0.39 is 0 Å². The summed E-state index contributed by atoms with van der Waals surface area (Å²) in [5, 5.41) is 7.12. The summed E-state index contributed by atoms with van der Waals surface area (Å²) in [7, 11) is 0. The van der Waals surface area contributed by atoms with Crippen LogP contribution in [0.2, 0.25) is 0 Å². The van der Waals surface area contributed by atoms with E-state index in [2.05, 4.69) is 29.3 Å². The van der Waals surface area contributed by atoms with Crippen molar-refractivity contribution in [2.24, 2.45) is 5.41 Å². The molecule has 2 saturated heterocycles. The van der Waals surface area contributed by atoms with Gasteiger partial charge in [0, 0.05) is 13.1 Å². The average molecular weight is 264 g/mol. The summed E-state index contributed by atoms with van der Waals surface area (Å²) in [4.78, 5) is 18.4. The van der Waals surface area contributed by atoms with Gasteiger partial charge >= 0.3 is 0 Å². The van der Waals surface area contributed by atoms with E-state index in [0.29, 0.717) is 5.89 Å². The van der Waals surface area contributed by atoms with Crippen molar-refractivity contribution < 1.29 is 9.32 Å². The molecule has 0 aliphatic carbocycles. The summed E-state index contributed by atoms with van der Waals surface area (Å²) in [5.74, 6) is 0.624. The minimum atomic E-state index is -0.112. The highest BCUT2D eigenvalue weighted by molar-refractivity contribution is 5.90. The van der Waals surface area contributed by atoms with Crippen LogP contribution in [0.3, 0.4) is 0 Å². The lowest BCUT2D eigenvalue weighted by Crippen LogP contribution is -2.31. The summed E-state index contributed by atoms with van der Waals surface area (Å²) in [6.45, 7) is 6.85. The Bertz CT molecular complexity index is 477. The molecule has 0 saturated carbocycles. The standard InChI is InChI=1S/C13H20N4O2/c1-13(2)5-7-17(8-13)12(18)10-15-11(19-16-10)9-4-3-6-14-9/h9,14H,3-8H2,1-2H3. The molecule has 0 aromatic carbocycles. The number of carbonyl (C=O) groups is 1. The topological polar surface area (TPSA) is 71.3 Å². The fraction of sp³-hybridized carbons (Fsp3) is 0.769. The molecule has 1 atom stereocenters. The number of carbonyl (C=O) groups excluding carboxylic acids is 1. The van der Waals surface area contributed by atoms with Gasteiger partial charge in [-0.25, -0.2) is 0 Å². The van der Waals surface area contributed by atoms with Crippen LogP contribution >= 0.6 is 0 Å². The summed E-state index contributed by atoms with van der Waals surface area (Å²) in [6, 6.07) is 0.115. The van der Waals surface area contributed by atoms with Crippen LogP contribution in [0.5, 0.6) is 0 Å². The molecule has 6 nitrogen and oxygen atoms in total. The Balaban J connectivity index is 1.70. The van der Waals surface area contributed by atoms with Crippen molar-refractivity contribution in [3.8, 4) is 0 Å². The second-order valence-corrected chi connectivity index (χ2v) is 6.25. The van der Waals surface area contributed by atoms with Crippen molar-refractivity contribution in [2.75, 3.05) is 19.6 Å². The lowest BCUT2D eigenvalue weighted by atomic mass is 9.93. The van der Waals surface area contributed by atoms with E-state index >= 15 is 0 Å². The van der Waals surface area contributed by atoms with Gasteiger partial charge in [-0.15, -0.1) is 0 Å². The largest absolute Gasteiger partial charge is 0.337 e. The van der Waals surface area contributed by atoms with Crippen LogP contribution in [0.1, 0.15) is 55.7 Å². The first-order chi connectivity index (χ1) is 9.05. The van der Waals surface area contributed by atoms with E-state index in [1.165, 1.54) is 0 Å². The van der Waals surface area contributed by atoms with E-state index in [0.717, 1.165) is 38.9 Å². The average Bonchev–Trinajstić information content (AvgIpc) is 3.06. The fourth-order valence-electron chi connectivity index (χ4n) is 2.79. The molecular weight excluding hydrogens is 244 g/mol. The maximum Gasteiger partial charge on any atom is 0.295 e. The molecule has 104 valence electrons. The lowest BCUT2D eigenvalue weighted by Gasteiger charge is -2.18. The SMILES string of the molecule is CC1(C)CCN(C(=O)c2noc(C3CCCN3)n2)C1. The Morgan fingerprint density at radius 2 is 2.37 bits per heavy atom. The quantitative estimate of drug-likeness (QED) is 0.873. The molecule has 3 heterocycles. The highest BCUT2D eigenvalue weighted by atomic mass is 16.5. The predicted octanol–water partition coefficient (Wildman–Crippen LogP) is 1.37. The zero-order valence-corrected chi connectivity index (χ0v) is 11.5. The maximum atomic E-state index is 12.3. The third kappa shape index (κ3) is 2.49. The van der Waals surface area contributed by atoms with Gasteiger partial charge < -0.3 is 14.7 Å². The van der Waals surface area contributed by atoms with Gasteiger partial charge in [0.25, 0.3) is 11.7 Å². The molecule has 2 aliphatic rings. The number of nitrogens with one attached hydrogen (secondary N) is 1. The Morgan fingerprint density at radius 1 is 1.53 bits per heavy atom. The van der Waals surface area contributed by atoms with Crippen LogP contribution in [0.25, 0.3) is 0 Å². The number of likely N-dealkylation sites (tertiary alicyclic amines) is 1. The van der Waals surface area contributed by atoms with Crippen molar-refractivity contribution >= 4 is 5.91 Å². The molecule has 6 heteroatoms. The first-order valence-electron chi connectivity index (χ1n) is 6.91. The highest BCUT2D eigenvalue weighted by Crippen LogP contribution is 2.29. The van der Waals surface area contributed by atoms with Crippen LogP contribution in [-0.2, 0) is 0 Å². The molecule has 1 aromatic rings. The van der Waals surface area contributed by atoms with Crippen LogP contribution in [-0.4, -0.2) is 40.6 Å². The van der Waals surface area contributed by atoms with E-state index in [-0.39, 0.29) is 23.2 Å². The highest BCUT2D eigenvalue weighted by Gasteiger charge is 2.34. The summed E-state index contributed by atoms with van der Waals surface area (Å²) in [6.07, 6.45) is 3.12. The van der Waals surface area contributed by atoms with Crippen LogP contribution in [0, 0.1) is 5.41 Å². The van der Waals surface area contributed by atoms with Crippen LogP contribution < -0.4 is 5.32 Å². The van der Waals surface area contributed by atoms with Crippen molar-refractivity contribution in [2.45, 2.75) is 39.2 Å². The van der Waals surface area contributed by atoms with Gasteiger partial charge in [0.15, 0.2) is 0 Å². The smallest absolute Gasteiger partial charge is 0.295 e. The first kappa shape index (κ1) is 12.6. The number of nitrogens with zero attached hydrogens (tertiary/aromatic N) is 3. The minimum Gasteiger partial charge on any atom is -0.337 e. The number of hydrogen-bond acceptors (Lipinski definition) is 5. The van der Waals surface area contributed by atoms with Gasteiger partial charge in [-0.05, 0) is 31.2 Å². The second-order valence-electron chi connectivity index (χ2n) is 6.25. The molecule has 0 radical (unpaired) electrons. The molecular formula is C13H20N4O2. The molecule has 1 amide bonds. The number of aromatic nitrogens is 2. The second kappa shape index (κ2) is 4.59. The lowest BCUT2D eigenvalue weighted by molar-refractivity contribution is 0.0763. The summed E-state index contributed by atoms with van der Waals surface area (Å²) in [5.41, 5.74) is 0.190. The molecule has 2 fully saturated rings. The van der Waals surface area contributed by atoms with Crippen LogP contribution in [0.4, 0.5) is 0 Å². The molecule has 0 spiro atoms. The van der Waals surface area contributed by atoms with Gasteiger partial charge in [-0.1, -0.05) is 19.0 Å². The van der Waals surface area contributed by atoms with Crippen LogP contribution in [0.15, 0.2) is 4.52 Å². The molecule has 1 unspecified atom stereocenters. The van der Waals surface area contributed by atoms with E-state index in [1.54, 1.807) is 0 Å². The summed E-state index contributed by atoms with van der Waals surface area (Å²) < 4.78 is 5.21. The third-order valence-electron chi connectivity index (χ3n) is 3.96. The van der Waals surface area contributed by atoms with Crippen molar-refractivity contribution in [3.05, 3.63) is 11.7 Å². The van der Waals surface area contributed by atoms with E-state index in [9.17, 15) is 4.79 Å². The van der Waals surface area contributed by atoms with Gasteiger partial charge in [0.2, 0.25) is 5.89 Å². The first-order valence-corrected chi connectivity index (χ1v) is 6.91. The molecule has 0 bridgehead atoms. The Morgan fingerprint density at radius 3 is 3.00 bits per heavy atom. The minimum absolute atomic E-state index is 0.112. The van der Waals surface area contributed by atoms with E-state index in [4.69, 9.17) is 4.52 Å². The number of hydrogen-bond donors (Lipinski definition) is 1. The summed E-state index contributed by atoms with van der Waals surface area (Å²) >= 11 is 0. The molecule has 2 aliphatic heterocycles. The fourth-order valence-corrected chi connectivity index (χ4v) is 2.79. The number of rotatable bonds is 2. The zero-order chi connectivity index (χ0) is 13.5. The van der Waals surface area contributed by atoms with Crippen molar-refractivity contribution in [1.82, 2.24) is 20.4 Å². The normalized spacial score (nSPS) is 26.0. The maximum absolute atomic E-state index is 12.3.